The van der Waals surface area contributed by atoms with Crippen LogP contribution in [0.5, 0.6) is 5.75 Å². The lowest BCUT2D eigenvalue weighted by atomic mass is 9.78. The van der Waals surface area contributed by atoms with Crippen LogP contribution in [-0.2, 0) is 11.3 Å². The SMILES string of the molecule is CN=C(NCC1CCCOC1C(C)(C)C)NC1CCN(Cc2ccc(OC)c(F)c2)CC1. The van der Waals surface area contributed by atoms with Crippen LogP contribution in [0.15, 0.2) is 23.2 Å². The molecular formula is C25H41FN4O2. The fourth-order valence-electron chi connectivity index (χ4n) is 4.93. The van der Waals surface area contributed by atoms with Crippen LogP contribution in [0.2, 0.25) is 0 Å². The number of guanidine groups is 1. The van der Waals surface area contributed by atoms with Crippen molar-refractivity contribution >= 4 is 5.96 Å². The number of piperidine rings is 1. The van der Waals surface area contributed by atoms with E-state index in [1.54, 1.807) is 12.1 Å². The van der Waals surface area contributed by atoms with Crippen molar-refractivity contribution in [1.82, 2.24) is 15.5 Å². The number of nitrogens with zero attached hydrogens (tertiary/aromatic N) is 2. The third-order valence-electron chi connectivity index (χ3n) is 6.60. The van der Waals surface area contributed by atoms with Crippen molar-refractivity contribution in [3.63, 3.8) is 0 Å². The molecule has 0 bridgehead atoms. The van der Waals surface area contributed by atoms with Crippen LogP contribution in [0.3, 0.4) is 0 Å². The molecule has 0 radical (unpaired) electrons. The second-order valence-corrected chi connectivity index (χ2v) is 10.2. The van der Waals surface area contributed by atoms with Crippen molar-refractivity contribution in [1.29, 1.82) is 0 Å². The van der Waals surface area contributed by atoms with Gasteiger partial charge in [0, 0.05) is 51.8 Å². The van der Waals surface area contributed by atoms with Gasteiger partial charge in [0.25, 0.3) is 0 Å². The van der Waals surface area contributed by atoms with Gasteiger partial charge in [0.1, 0.15) is 0 Å². The molecule has 0 aromatic heterocycles. The number of nitrogens with one attached hydrogen (secondary N) is 2. The minimum Gasteiger partial charge on any atom is -0.494 e. The van der Waals surface area contributed by atoms with Gasteiger partial charge in [-0.3, -0.25) is 9.89 Å². The van der Waals surface area contributed by atoms with E-state index < -0.39 is 0 Å². The molecule has 3 rings (SSSR count). The molecule has 7 heteroatoms. The first-order chi connectivity index (χ1) is 15.3. The van der Waals surface area contributed by atoms with Gasteiger partial charge in [0.15, 0.2) is 17.5 Å². The molecule has 2 aliphatic rings. The Morgan fingerprint density at radius 3 is 2.62 bits per heavy atom. The summed E-state index contributed by atoms with van der Waals surface area (Å²) in [6.07, 6.45) is 4.66. The van der Waals surface area contributed by atoms with Gasteiger partial charge in [0.2, 0.25) is 0 Å². The van der Waals surface area contributed by atoms with E-state index in [-0.39, 0.29) is 17.3 Å². The van der Waals surface area contributed by atoms with E-state index in [4.69, 9.17) is 9.47 Å². The number of ether oxygens (including phenoxy) is 2. The highest BCUT2D eigenvalue weighted by molar-refractivity contribution is 5.80. The van der Waals surface area contributed by atoms with E-state index in [0.717, 1.165) is 63.6 Å². The number of aliphatic imine (C=N–C) groups is 1. The Hall–Kier alpha value is -1.86. The molecule has 2 N–H and O–H groups in total. The number of rotatable bonds is 6. The minimum absolute atomic E-state index is 0.142. The molecule has 2 unspecified atom stereocenters. The summed E-state index contributed by atoms with van der Waals surface area (Å²) in [6, 6.07) is 5.62. The number of halogens is 1. The topological polar surface area (TPSA) is 58.1 Å². The maximum atomic E-state index is 14.0. The summed E-state index contributed by atoms with van der Waals surface area (Å²) in [5.41, 5.74) is 1.12. The summed E-state index contributed by atoms with van der Waals surface area (Å²) >= 11 is 0. The summed E-state index contributed by atoms with van der Waals surface area (Å²) < 4.78 is 25.1. The molecule has 6 nitrogen and oxygen atoms in total. The van der Waals surface area contributed by atoms with Gasteiger partial charge in [-0.1, -0.05) is 26.8 Å². The Morgan fingerprint density at radius 2 is 2.00 bits per heavy atom. The van der Waals surface area contributed by atoms with Gasteiger partial charge in [-0.25, -0.2) is 4.39 Å². The zero-order valence-corrected chi connectivity index (χ0v) is 20.4. The first kappa shape index (κ1) is 24.8. The van der Waals surface area contributed by atoms with E-state index in [1.807, 2.05) is 13.1 Å². The average Bonchev–Trinajstić information content (AvgIpc) is 2.77. The quantitative estimate of drug-likeness (QED) is 0.512. The number of methoxy groups -OCH3 is 1. The lowest BCUT2D eigenvalue weighted by molar-refractivity contribution is -0.0835. The van der Waals surface area contributed by atoms with Crippen LogP contribution in [0.1, 0.15) is 52.0 Å². The molecule has 0 aliphatic carbocycles. The van der Waals surface area contributed by atoms with Gasteiger partial charge in [0.05, 0.1) is 13.2 Å². The molecule has 1 aromatic carbocycles. The molecule has 32 heavy (non-hydrogen) atoms. The van der Waals surface area contributed by atoms with Gasteiger partial charge >= 0.3 is 0 Å². The second kappa shape index (κ2) is 11.3. The van der Waals surface area contributed by atoms with Crippen LogP contribution in [0.4, 0.5) is 4.39 Å². The van der Waals surface area contributed by atoms with Gasteiger partial charge in [-0.2, -0.15) is 0 Å². The number of likely N-dealkylation sites (tertiary alicyclic amines) is 1. The minimum atomic E-state index is -0.298. The third kappa shape index (κ3) is 6.82. The third-order valence-corrected chi connectivity index (χ3v) is 6.60. The maximum absolute atomic E-state index is 14.0. The number of hydrogen-bond donors (Lipinski definition) is 2. The van der Waals surface area contributed by atoms with Crippen molar-refractivity contribution in [2.45, 2.75) is 65.1 Å². The molecule has 0 saturated carbocycles. The molecule has 0 spiro atoms. The van der Waals surface area contributed by atoms with Crippen LogP contribution in [-0.4, -0.2) is 63.4 Å². The summed E-state index contributed by atoms with van der Waals surface area (Å²) in [4.78, 5) is 6.83. The van der Waals surface area contributed by atoms with E-state index in [2.05, 4.69) is 41.3 Å². The lowest BCUT2D eigenvalue weighted by Gasteiger charge is -2.40. The Labute approximate surface area is 193 Å². The summed E-state index contributed by atoms with van der Waals surface area (Å²) in [7, 11) is 3.33. The Bertz CT molecular complexity index is 757. The van der Waals surface area contributed by atoms with Gasteiger partial charge in [-0.15, -0.1) is 0 Å². The number of hydrogen-bond acceptors (Lipinski definition) is 4. The maximum Gasteiger partial charge on any atom is 0.191 e. The van der Waals surface area contributed by atoms with Crippen LogP contribution < -0.4 is 15.4 Å². The molecule has 1 aromatic rings. The summed E-state index contributed by atoms with van der Waals surface area (Å²) in [5, 5.41) is 7.15. The lowest BCUT2D eigenvalue weighted by Crippen LogP contribution is -2.51. The fraction of sp³-hybridized carbons (Fsp3) is 0.720. The van der Waals surface area contributed by atoms with Crippen LogP contribution in [0.25, 0.3) is 0 Å². The largest absolute Gasteiger partial charge is 0.494 e. The monoisotopic (exact) mass is 448 g/mol. The highest BCUT2D eigenvalue weighted by Crippen LogP contribution is 2.33. The summed E-state index contributed by atoms with van der Waals surface area (Å²) in [5.74, 6) is 1.37. The molecule has 2 heterocycles. The Morgan fingerprint density at radius 1 is 1.25 bits per heavy atom. The molecule has 0 amide bonds. The van der Waals surface area contributed by atoms with Crippen LogP contribution >= 0.6 is 0 Å². The van der Waals surface area contributed by atoms with Crippen molar-refractivity contribution in [2.24, 2.45) is 16.3 Å². The smallest absolute Gasteiger partial charge is 0.191 e. The normalized spacial score (nSPS) is 23.8. The number of benzene rings is 1. The van der Waals surface area contributed by atoms with Crippen LogP contribution in [0, 0.1) is 17.2 Å². The first-order valence-electron chi connectivity index (χ1n) is 11.9. The van der Waals surface area contributed by atoms with Crippen molar-refractivity contribution in [2.75, 3.05) is 40.4 Å². The molecule has 2 fully saturated rings. The molecule has 2 atom stereocenters. The van der Waals surface area contributed by atoms with Gasteiger partial charge in [-0.05, 0) is 48.8 Å². The molecule has 2 aliphatic heterocycles. The Kier molecular flexibility index (Phi) is 8.77. The molecular weight excluding hydrogens is 407 g/mol. The zero-order valence-electron chi connectivity index (χ0n) is 20.4. The van der Waals surface area contributed by atoms with Crippen molar-refractivity contribution in [3.8, 4) is 5.75 Å². The van der Waals surface area contributed by atoms with E-state index in [0.29, 0.717) is 17.7 Å². The highest BCUT2D eigenvalue weighted by Gasteiger charge is 2.35. The van der Waals surface area contributed by atoms with E-state index in [1.165, 1.54) is 13.5 Å². The van der Waals surface area contributed by atoms with Crippen molar-refractivity contribution in [3.05, 3.63) is 29.6 Å². The van der Waals surface area contributed by atoms with Crippen molar-refractivity contribution < 1.29 is 13.9 Å². The predicted molar refractivity (Wildman–Crippen MR) is 128 cm³/mol. The van der Waals surface area contributed by atoms with E-state index >= 15 is 0 Å². The first-order valence-corrected chi connectivity index (χ1v) is 11.9. The highest BCUT2D eigenvalue weighted by atomic mass is 19.1. The second-order valence-electron chi connectivity index (χ2n) is 10.2. The molecule has 2 saturated heterocycles. The zero-order chi connectivity index (χ0) is 23.1. The molecule has 180 valence electrons. The standard InChI is InChI=1S/C25H41FN4O2/c1-25(2,3)23-19(7-6-14-32-23)16-28-24(27-4)29-20-10-12-30(13-11-20)17-18-8-9-22(31-5)21(26)15-18/h8-9,15,19-20,23H,6-7,10-14,16-17H2,1-5H3,(H2,27,28,29). The van der Waals surface area contributed by atoms with Gasteiger partial charge < -0.3 is 20.1 Å². The Balaban J connectivity index is 1.44. The average molecular weight is 449 g/mol. The fourth-order valence-corrected chi connectivity index (χ4v) is 4.93. The summed E-state index contributed by atoms with van der Waals surface area (Å²) in [6.45, 7) is 11.2. The predicted octanol–water partition coefficient (Wildman–Crippen LogP) is 3.81. The van der Waals surface area contributed by atoms with E-state index in [9.17, 15) is 4.39 Å².